The van der Waals surface area contributed by atoms with Crippen molar-refractivity contribution in [3.05, 3.63) is 20.8 Å². The molecule has 0 saturated heterocycles. The summed E-state index contributed by atoms with van der Waals surface area (Å²) in [5.74, 6) is 0.621. The van der Waals surface area contributed by atoms with Crippen molar-refractivity contribution in [2.24, 2.45) is 11.7 Å². The Balaban J connectivity index is 1.93. The molecule has 2 unspecified atom stereocenters. The van der Waals surface area contributed by atoms with Crippen molar-refractivity contribution >= 4 is 5.82 Å². The zero-order chi connectivity index (χ0) is 12.3. The fourth-order valence-electron chi connectivity index (χ4n) is 2.23. The summed E-state index contributed by atoms with van der Waals surface area (Å²) in [6, 6.07) is 0.261. The fraction of sp³-hybridized carbons (Fsp3) is 0.700. The third kappa shape index (κ3) is 3.16. The third-order valence-corrected chi connectivity index (χ3v) is 3.09. The van der Waals surface area contributed by atoms with Gasteiger partial charge in [0.25, 0.3) is 5.56 Å². The van der Waals surface area contributed by atoms with Crippen molar-refractivity contribution < 1.29 is 0 Å². The molecule has 7 heteroatoms. The smallest absolute Gasteiger partial charge is 0.342 e. The molecule has 0 amide bonds. The SMILES string of the molecule is NC1CCCC(CNc2n[nH]c(=O)[nH]c2=O)C1. The van der Waals surface area contributed by atoms with Gasteiger partial charge >= 0.3 is 5.69 Å². The van der Waals surface area contributed by atoms with Crippen molar-refractivity contribution in [2.75, 3.05) is 11.9 Å². The lowest BCUT2D eigenvalue weighted by Gasteiger charge is -2.26. The van der Waals surface area contributed by atoms with Crippen LogP contribution in [0.1, 0.15) is 25.7 Å². The Kier molecular flexibility index (Phi) is 3.58. The first-order valence-electron chi connectivity index (χ1n) is 5.83. The van der Waals surface area contributed by atoms with Crippen molar-refractivity contribution in [1.82, 2.24) is 15.2 Å². The van der Waals surface area contributed by atoms with Gasteiger partial charge in [0, 0.05) is 12.6 Å². The van der Waals surface area contributed by atoms with E-state index in [0.29, 0.717) is 12.5 Å². The second-order valence-corrected chi connectivity index (χ2v) is 4.53. The largest absolute Gasteiger partial charge is 0.364 e. The van der Waals surface area contributed by atoms with Crippen LogP contribution < -0.4 is 22.3 Å². The maximum Gasteiger partial charge on any atom is 0.342 e. The van der Waals surface area contributed by atoms with Gasteiger partial charge < -0.3 is 11.1 Å². The summed E-state index contributed by atoms with van der Waals surface area (Å²) < 4.78 is 0. The fourth-order valence-corrected chi connectivity index (χ4v) is 2.23. The quantitative estimate of drug-likeness (QED) is 0.561. The highest BCUT2D eigenvalue weighted by Gasteiger charge is 2.19. The second-order valence-electron chi connectivity index (χ2n) is 4.53. The Morgan fingerprint density at radius 3 is 2.94 bits per heavy atom. The van der Waals surface area contributed by atoms with Gasteiger partial charge in [0.05, 0.1) is 0 Å². The predicted molar refractivity (Wildman–Crippen MR) is 63.9 cm³/mol. The van der Waals surface area contributed by atoms with Crippen molar-refractivity contribution in [1.29, 1.82) is 0 Å². The van der Waals surface area contributed by atoms with Gasteiger partial charge in [0.1, 0.15) is 0 Å². The summed E-state index contributed by atoms with van der Waals surface area (Å²) in [7, 11) is 0. The number of nitrogens with zero attached hydrogens (tertiary/aromatic N) is 1. The Morgan fingerprint density at radius 2 is 2.24 bits per heavy atom. The zero-order valence-electron chi connectivity index (χ0n) is 9.53. The van der Waals surface area contributed by atoms with E-state index in [4.69, 9.17) is 5.73 Å². The summed E-state index contributed by atoms with van der Waals surface area (Å²) in [5, 5.41) is 8.80. The standard InChI is InChI=1S/C10H17N5O2/c11-7-3-1-2-6(4-7)5-12-8-9(16)13-10(17)15-14-8/h6-7H,1-5,11H2,(H,12,14)(H2,13,15,16,17). The maximum atomic E-state index is 11.4. The van der Waals surface area contributed by atoms with E-state index in [0.717, 1.165) is 25.7 Å². The number of H-pyrrole nitrogens is 2. The molecular weight excluding hydrogens is 222 g/mol. The third-order valence-electron chi connectivity index (χ3n) is 3.09. The molecule has 5 N–H and O–H groups in total. The first-order chi connectivity index (χ1) is 8.15. The van der Waals surface area contributed by atoms with Crippen LogP contribution in [0.15, 0.2) is 9.59 Å². The van der Waals surface area contributed by atoms with Gasteiger partial charge in [-0.3, -0.25) is 9.78 Å². The van der Waals surface area contributed by atoms with Crippen LogP contribution in [0.4, 0.5) is 5.82 Å². The average Bonchev–Trinajstić information content (AvgIpc) is 2.28. The van der Waals surface area contributed by atoms with E-state index in [9.17, 15) is 9.59 Å². The van der Waals surface area contributed by atoms with E-state index in [1.165, 1.54) is 0 Å². The molecule has 7 nitrogen and oxygen atoms in total. The summed E-state index contributed by atoms with van der Waals surface area (Å²) >= 11 is 0. The minimum atomic E-state index is -0.597. The normalized spacial score (nSPS) is 24.5. The van der Waals surface area contributed by atoms with Gasteiger partial charge in [-0.25, -0.2) is 9.89 Å². The summed E-state index contributed by atoms with van der Waals surface area (Å²) in [6.07, 6.45) is 4.28. The molecule has 94 valence electrons. The van der Waals surface area contributed by atoms with E-state index in [-0.39, 0.29) is 11.9 Å². The average molecular weight is 239 g/mol. The van der Waals surface area contributed by atoms with E-state index >= 15 is 0 Å². The number of aromatic nitrogens is 3. The van der Waals surface area contributed by atoms with Crippen molar-refractivity contribution in [2.45, 2.75) is 31.7 Å². The molecule has 1 aromatic rings. The molecule has 0 aromatic carbocycles. The van der Waals surface area contributed by atoms with Crippen molar-refractivity contribution in [3.8, 4) is 0 Å². The van der Waals surface area contributed by atoms with Gasteiger partial charge in [0.15, 0.2) is 0 Å². The lowest BCUT2D eigenvalue weighted by Crippen LogP contribution is -2.33. The number of rotatable bonds is 3. The van der Waals surface area contributed by atoms with Gasteiger partial charge in [-0.15, -0.1) is 5.10 Å². The molecule has 0 radical (unpaired) electrons. The lowest BCUT2D eigenvalue weighted by molar-refractivity contribution is 0.334. The summed E-state index contributed by atoms with van der Waals surface area (Å²) in [4.78, 5) is 24.2. The van der Waals surface area contributed by atoms with Crippen LogP contribution in [0, 0.1) is 5.92 Å². The van der Waals surface area contributed by atoms with Crippen LogP contribution >= 0.6 is 0 Å². The van der Waals surface area contributed by atoms with Crippen LogP contribution in [0.25, 0.3) is 0 Å². The Morgan fingerprint density at radius 1 is 1.41 bits per heavy atom. The van der Waals surface area contributed by atoms with Gasteiger partial charge in [-0.2, -0.15) is 0 Å². The van der Waals surface area contributed by atoms with Gasteiger partial charge in [-0.05, 0) is 25.2 Å². The van der Waals surface area contributed by atoms with E-state index in [2.05, 4.69) is 20.5 Å². The highest BCUT2D eigenvalue weighted by atomic mass is 16.2. The molecule has 1 fully saturated rings. The summed E-state index contributed by atoms with van der Waals surface area (Å²) in [5.41, 5.74) is 4.80. The zero-order valence-corrected chi connectivity index (χ0v) is 9.53. The first-order valence-corrected chi connectivity index (χ1v) is 5.83. The number of nitrogens with one attached hydrogen (secondary N) is 3. The molecule has 0 bridgehead atoms. The topological polar surface area (TPSA) is 117 Å². The Hall–Kier alpha value is -1.63. The molecular formula is C10H17N5O2. The number of anilines is 1. The second kappa shape index (κ2) is 5.13. The molecule has 1 aromatic heterocycles. The lowest BCUT2D eigenvalue weighted by atomic mass is 9.86. The van der Waals surface area contributed by atoms with Gasteiger partial charge in [0.2, 0.25) is 5.82 Å². The minimum Gasteiger partial charge on any atom is -0.364 e. The van der Waals surface area contributed by atoms with Crippen LogP contribution in [0.3, 0.4) is 0 Å². The van der Waals surface area contributed by atoms with Crippen LogP contribution in [0.2, 0.25) is 0 Å². The van der Waals surface area contributed by atoms with Crippen LogP contribution in [0.5, 0.6) is 0 Å². The highest BCUT2D eigenvalue weighted by Crippen LogP contribution is 2.22. The Labute approximate surface area is 97.8 Å². The number of hydrogen-bond donors (Lipinski definition) is 4. The molecule has 1 saturated carbocycles. The number of aromatic amines is 2. The Bertz CT molecular complexity index is 480. The monoisotopic (exact) mass is 239 g/mol. The molecule has 2 rings (SSSR count). The molecule has 17 heavy (non-hydrogen) atoms. The van der Waals surface area contributed by atoms with Crippen LogP contribution in [-0.4, -0.2) is 27.8 Å². The first kappa shape index (κ1) is 11.8. The molecule has 1 aliphatic carbocycles. The van der Waals surface area contributed by atoms with Crippen LogP contribution in [-0.2, 0) is 0 Å². The minimum absolute atomic E-state index is 0.156. The van der Waals surface area contributed by atoms with E-state index in [1.807, 2.05) is 0 Å². The summed E-state index contributed by atoms with van der Waals surface area (Å²) in [6.45, 7) is 0.663. The molecule has 2 atom stereocenters. The molecule has 0 spiro atoms. The highest BCUT2D eigenvalue weighted by molar-refractivity contribution is 5.28. The maximum absolute atomic E-state index is 11.4. The van der Waals surface area contributed by atoms with Crippen molar-refractivity contribution in [3.63, 3.8) is 0 Å². The molecule has 1 heterocycles. The predicted octanol–water partition coefficient (Wildman–Crippen LogP) is -0.612. The molecule has 1 aliphatic rings. The number of hydrogen-bond acceptors (Lipinski definition) is 5. The number of nitrogens with two attached hydrogens (primary N) is 1. The van der Waals surface area contributed by atoms with E-state index < -0.39 is 11.2 Å². The van der Waals surface area contributed by atoms with Gasteiger partial charge in [-0.1, -0.05) is 6.42 Å². The van der Waals surface area contributed by atoms with E-state index in [1.54, 1.807) is 0 Å². The molecule has 0 aliphatic heterocycles.